The lowest BCUT2D eigenvalue weighted by molar-refractivity contribution is -0.140. The number of carbonyl (C=O) groups excluding carboxylic acids is 2. The number of ether oxygens (including phenoxy) is 2. The van der Waals surface area contributed by atoms with Gasteiger partial charge in [-0.05, 0) is 80.8 Å². The summed E-state index contributed by atoms with van der Waals surface area (Å²) in [6.07, 6.45) is 1.03. The number of hydrogen-bond donors (Lipinski definition) is 1. The molecule has 0 aliphatic heterocycles. The monoisotopic (exact) mass is 629 g/mol. The molecule has 43 heavy (non-hydrogen) atoms. The largest absolute Gasteiger partial charge is 0.497 e. The normalized spacial score (nSPS) is 12.6. The minimum Gasteiger partial charge on any atom is -0.497 e. The molecule has 0 fully saturated rings. The van der Waals surface area contributed by atoms with Gasteiger partial charge < -0.3 is 19.7 Å². The van der Waals surface area contributed by atoms with Crippen molar-refractivity contribution < 1.29 is 27.5 Å². The minimum atomic E-state index is -4.27. The number of halogens is 1. The molecule has 3 aromatic rings. The van der Waals surface area contributed by atoms with E-state index in [1.165, 1.54) is 29.2 Å². The number of anilines is 1. The highest BCUT2D eigenvalue weighted by Gasteiger charge is 2.35. The van der Waals surface area contributed by atoms with Gasteiger partial charge in [0.1, 0.15) is 24.1 Å². The van der Waals surface area contributed by atoms with Crippen LogP contribution in [0.4, 0.5) is 5.69 Å². The Balaban J connectivity index is 2.12. The third-order valence-corrected chi connectivity index (χ3v) is 9.01. The summed E-state index contributed by atoms with van der Waals surface area (Å²) < 4.78 is 40.4. The first kappa shape index (κ1) is 33.7. The van der Waals surface area contributed by atoms with Gasteiger partial charge in [0.2, 0.25) is 11.8 Å². The van der Waals surface area contributed by atoms with Crippen molar-refractivity contribution in [3.63, 3.8) is 0 Å². The number of nitrogens with one attached hydrogen (secondary N) is 1. The lowest BCUT2D eigenvalue weighted by Crippen LogP contribution is -2.53. The average molecular weight is 630 g/mol. The summed E-state index contributed by atoms with van der Waals surface area (Å²) >= 11 is 6.04. The summed E-state index contributed by atoms with van der Waals surface area (Å²) in [6.45, 7) is 7.23. The van der Waals surface area contributed by atoms with Gasteiger partial charge in [0, 0.05) is 17.6 Å². The zero-order valence-corrected chi connectivity index (χ0v) is 26.8. The average Bonchev–Trinajstić information content (AvgIpc) is 3.00. The van der Waals surface area contributed by atoms with Crippen LogP contribution in [-0.4, -0.2) is 57.5 Å². The summed E-state index contributed by atoms with van der Waals surface area (Å²) in [6, 6.07) is 18.6. The number of amides is 2. The second-order valence-corrected chi connectivity index (χ2v) is 12.3. The van der Waals surface area contributed by atoms with E-state index in [2.05, 4.69) is 5.32 Å². The van der Waals surface area contributed by atoms with Crippen molar-refractivity contribution in [2.24, 2.45) is 0 Å². The van der Waals surface area contributed by atoms with Crippen LogP contribution in [0.1, 0.15) is 46.1 Å². The maximum atomic E-state index is 14.3. The first-order valence-electron chi connectivity index (χ1n) is 14.3. The molecule has 0 heterocycles. The van der Waals surface area contributed by atoms with E-state index in [0.29, 0.717) is 29.4 Å². The van der Waals surface area contributed by atoms with Crippen LogP contribution >= 0.6 is 11.6 Å². The number of benzene rings is 3. The number of hydrogen-bond acceptors (Lipinski definition) is 6. The van der Waals surface area contributed by atoms with E-state index in [-0.39, 0.29) is 35.7 Å². The molecule has 3 aromatic carbocycles. The van der Waals surface area contributed by atoms with Crippen LogP contribution in [0, 0.1) is 0 Å². The summed E-state index contributed by atoms with van der Waals surface area (Å²) in [5, 5.41) is 3.35. The van der Waals surface area contributed by atoms with Crippen LogP contribution in [-0.2, 0) is 26.2 Å². The number of nitrogens with zero attached hydrogens (tertiary/aromatic N) is 2. The van der Waals surface area contributed by atoms with Crippen LogP contribution in [0.25, 0.3) is 0 Å². The Kier molecular flexibility index (Phi) is 12.3. The van der Waals surface area contributed by atoms with Crippen molar-refractivity contribution in [3.05, 3.63) is 83.4 Å². The van der Waals surface area contributed by atoms with Gasteiger partial charge >= 0.3 is 0 Å². The molecule has 0 bridgehead atoms. The Morgan fingerprint density at radius 2 is 1.65 bits per heavy atom. The van der Waals surface area contributed by atoms with Gasteiger partial charge in [-0.1, -0.05) is 49.7 Å². The number of para-hydroxylation sites is 2. The zero-order chi connectivity index (χ0) is 31.6. The molecule has 0 unspecified atom stereocenters. The maximum absolute atomic E-state index is 14.3. The molecule has 1 N–H and O–H groups in total. The van der Waals surface area contributed by atoms with E-state index < -0.39 is 28.5 Å². The van der Waals surface area contributed by atoms with Crippen LogP contribution in [0.3, 0.4) is 0 Å². The molecule has 232 valence electrons. The van der Waals surface area contributed by atoms with E-state index in [1.54, 1.807) is 56.5 Å². The first-order chi connectivity index (χ1) is 20.5. The Morgan fingerprint density at radius 1 is 0.953 bits per heavy atom. The van der Waals surface area contributed by atoms with Crippen molar-refractivity contribution in [1.29, 1.82) is 0 Å². The lowest BCUT2D eigenvalue weighted by atomic mass is 10.1. The van der Waals surface area contributed by atoms with Crippen molar-refractivity contribution in [2.45, 2.75) is 64.1 Å². The number of rotatable bonds is 15. The highest BCUT2D eigenvalue weighted by molar-refractivity contribution is 7.92. The van der Waals surface area contributed by atoms with E-state index >= 15 is 0 Å². The van der Waals surface area contributed by atoms with Crippen LogP contribution in [0.5, 0.6) is 11.5 Å². The van der Waals surface area contributed by atoms with Gasteiger partial charge in [0.05, 0.1) is 24.3 Å². The summed E-state index contributed by atoms with van der Waals surface area (Å²) in [5.74, 6) is 0.0311. The van der Waals surface area contributed by atoms with E-state index in [4.69, 9.17) is 21.1 Å². The Hall–Kier alpha value is -3.76. The van der Waals surface area contributed by atoms with E-state index in [9.17, 15) is 18.0 Å². The van der Waals surface area contributed by atoms with Gasteiger partial charge in [0.25, 0.3) is 10.0 Å². The smallest absolute Gasteiger partial charge is 0.264 e. The highest BCUT2D eigenvalue weighted by Crippen LogP contribution is 2.33. The highest BCUT2D eigenvalue weighted by atomic mass is 35.5. The Bertz CT molecular complexity index is 1480. The molecule has 2 atom stereocenters. The van der Waals surface area contributed by atoms with Crippen LogP contribution in [0.2, 0.25) is 5.02 Å². The molecule has 0 aliphatic carbocycles. The van der Waals surface area contributed by atoms with E-state index in [1.807, 2.05) is 26.8 Å². The fourth-order valence-corrected chi connectivity index (χ4v) is 6.07. The van der Waals surface area contributed by atoms with Crippen molar-refractivity contribution in [3.8, 4) is 11.5 Å². The molecule has 0 saturated heterocycles. The molecule has 2 amide bonds. The zero-order valence-electron chi connectivity index (χ0n) is 25.2. The second kappa shape index (κ2) is 15.6. The maximum Gasteiger partial charge on any atom is 0.264 e. The third kappa shape index (κ3) is 8.64. The molecular formula is C32H40ClN3O6S. The summed E-state index contributed by atoms with van der Waals surface area (Å²) in [4.78, 5) is 29.1. The quantitative estimate of drug-likeness (QED) is 0.232. The lowest BCUT2D eigenvalue weighted by Gasteiger charge is -2.34. The predicted octanol–water partition coefficient (Wildman–Crippen LogP) is 5.66. The predicted molar refractivity (Wildman–Crippen MR) is 169 cm³/mol. The number of carbonyl (C=O) groups is 2. The van der Waals surface area contributed by atoms with Gasteiger partial charge in [-0.15, -0.1) is 0 Å². The molecule has 9 nitrogen and oxygen atoms in total. The second-order valence-electron chi connectivity index (χ2n) is 9.98. The minimum absolute atomic E-state index is 0.0445. The van der Waals surface area contributed by atoms with Gasteiger partial charge in [-0.2, -0.15) is 0 Å². The molecule has 0 spiro atoms. The molecule has 0 aliphatic rings. The fourth-order valence-electron chi connectivity index (χ4n) is 4.52. The Morgan fingerprint density at radius 3 is 2.28 bits per heavy atom. The molecule has 0 saturated carbocycles. The molecule has 0 aromatic heterocycles. The molecule has 3 rings (SSSR count). The SMILES string of the molecule is CCOc1ccccc1N(CC(=O)N(Cc1cccc(OC)c1)[C@@H](CC)C(=O)N[C@@H](C)CC)S(=O)(=O)c1ccc(Cl)cc1. The Labute approximate surface area is 259 Å². The van der Waals surface area contributed by atoms with Crippen molar-refractivity contribution in [2.75, 3.05) is 24.6 Å². The van der Waals surface area contributed by atoms with Crippen LogP contribution in [0.15, 0.2) is 77.7 Å². The van der Waals surface area contributed by atoms with Crippen molar-refractivity contribution in [1.82, 2.24) is 10.2 Å². The molecular weight excluding hydrogens is 590 g/mol. The van der Waals surface area contributed by atoms with E-state index in [0.717, 1.165) is 9.87 Å². The molecule has 0 radical (unpaired) electrons. The number of sulfonamides is 1. The van der Waals surface area contributed by atoms with Crippen molar-refractivity contribution >= 4 is 39.1 Å². The number of methoxy groups -OCH3 is 1. The standard InChI is InChI=1S/C32H40ClN3O6S/c1-6-23(4)34-32(38)28(7-2)35(21-24-12-11-13-26(20-24)41-5)31(37)22-36(29-14-9-10-15-30(29)42-8-3)43(39,40)27-18-16-25(33)17-19-27/h9-20,23,28H,6-8,21-22H2,1-5H3,(H,34,38)/t23-,28-/m0/s1. The summed E-state index contributed by atoms with van der Waals surface area (Å²) in [7, 11) is -2.73. The first-order valence-corrected chi connectivity index (χ1v) is 16.1. The molecule has 11 heteroatoms. The van der Waals surface area contributed by atoms with Gasteiger partial charge in [0.15, 0.2) is 0 Å². The van der Waals surface area contributed by atoms with Crippen LogP contribution < -0.4 is 19.1 Å². The third-order valence-electron chi connectivity index (χ3n) is 6.99. The summed E-state index contributed by atoms with van der Waals surface area (Å²) in [5.41, 5.74) is 0.926. The topological polar surface area (TPSA) is 105 Å². The van der Waals surface area contributed by atoms with Gasteiger partial charge in [-0.3, -0.25) is 13.9 Å². The fraction of sp³-hybridized carbons (Fsp3) is 0.375. The van der Waals surface area contributed by atoms with Gasteiger partial charge in [-0.25, -0.2) is 8.42 Å².